The van der Waals surface area contributed by atoms with Crippen molar-refractivity contribution in [2.24, 2.45) is 0 Å². The molecule has 8 heteroatoms. The summed E-state index contributed by atoms with van der Waals surface area (Å²) in [6.45, 7) is 0.618. The quantitative estimate of drug-likeness (QED) is 0.236. The van der Waals surface area contributed by atoms with E-state index in [1.165, 1.54) is 13.2 Å². The van der Waals surface area contributed by atoms with E-state index in [9.17, 15) is 18.4 Å². The van der Waals surface area contributed by atoms with Crippen LogP contribution < -0.4 is 14.8 Å². The molecule has 0 aliphatic rings. The van der Waals surface area contributed by atoms with Crippen LogP contribution in [0.15, 0.2) is 97.1 Å². The number of hydrogen-bond acceptors (Lipinski definition) is 5. The van der Waals surface area contributed by atoms with Gasteiger partial charge in [-0.3, -0.25) is 4.79 Å². The molecule has 0 radical (unpaired) electrons. The molecule has 0 aliphatic heterocycles. The Labute approximate surface area is 231 Å². The minimum atomic E-state index is -1.09. The van der Waals surface area contributed by atoms with Gasteiger partial charge in [-0.05, 0) is 41.0 Å². The first-order chi connectivity index (χ1) is 19.4. The van der Waals surface area contributed by atoms with Crippen molar-refractivity contribution >= 4 is 11.9 Å². The summed E-state index contributed by atoms with van der Waals surface area (Å²) in [6.07, 6.45) is -0.511. The maximum Gasteiger partial charge on any atom is 0.328 e. The summed E-state index contributed by atoms with van der Waals surface area (Å²) in [5, 5.41) is 2.54. The van der Waals surface area contributed by atoms with Crippen LogP contribution in [0.1, 0.15) is 22.3 Å². The molecule has 0 aliphatic carbocycles. The normalized spacial score (nSPS) is 11.4. The molecule has 1 amide bonds. The highest BCUT2D eigenvalue weighted by Crippen LogP contribution is 2.31. The Morgan fingerprint density at radius 2 is 1.30 bits per heavy atom. The first-order valence-corrected chi connectivity index (χ1v) is 12.7. The monoisotopic (exact) mass is 545 g/mol. The second-order valence-corrected chi connectivity index (χ2v) is 9.05. The van der Waals surface area contributed by atoms with Gasteiger partial charge in [0.05, 0.1) is 13.5 Å². The van der Waals surface area contributed by atoms with E-state index < -0.39 is 36.0 Å². The van der Waals surface area contributed by atoms with Crippen molar-refractivity contribution in [1.29, 1.82) is 0 Å². The summed E-state index contributed by atoms with van der Waals surface area (Å²) < 4.78 is 45.1. The number of esters is 1. The molecule has 0 heterocycles. The van der Waals surface area contributed by atoms with Crippen molar-refractivity contribution in [2.45, 2.75) is 32.1 Å². The molecule has 0 fully saturated rings. The minimum absolute atomic E-state index is 0.0544. The number of halogens is 2. The van der Waals surface area contributed by atoms with Gasteiger partial charge in [0, 0.05) is 12.0 Å². The molecular formula is C32H29F2NO5. The van der Waals surface area contributed by atoms with E-state index in [0.29, 0.717) is 23.7 Å². The molecule has 0 saturated heterocycles. The molecule has 40 heavy (non-hydrogen) atoms. The average Bonchev–Trinajstić information content (AvgIpc) is 2.98. The van der Waals surface area contributed by atoms with Gasteiger partial charge in [0.2, 0.25) is 5.91 Å². The van der Waals surface area contributed by atoms with Crippen molar-refractivity contribution in [3.05, 3.63) is 131 Å². The number of amides is 1. The van der Waals surface area contributed by atoms with Crippen molar-refractivity contribution < 1.29 is 32.6 Å². The lowest BCUT2D eigenvalue weighted by Gasteiger charge is -2.19. The number of nitrogens with one attached hydrogen (secondary N) is 1. The highest BCUT2D eigenvalue weighted by Gasteiger charge is 2.24. The number of ether oxygens (including phenoxy) is 3. The van der Waals surface area contributed by atoms with Gasteiger partial charge in [0.15, 0.2) is 11.5 Å². The molecule has 0 bridgehead atoms. The number of rotatable bonds is 12. The van der Waals surface area contributed by atoms with Crippen LogP contribution in [0.3, 0.4) is 0 Å². The SMILES string of the molecule is COC(=O)[C@@H](Cc1ccc(OCc2ccccc2)c(OCc2ccccc2)c1)NC(=O)Cc1c(F)cccc1F. The second kappa shape index (κ2) is 13.9. The van der Waals surface area contributed by atoms with Crippen molar-refractivity contribution in [2.75, 3.05) is 7.11 Å². The maximum atomic E-state index is 14.0. The molecule has 206 valence electrons. The van der Waals surface area contributed by atoms with Gasteiger partial charge in [0.25, 0.3) is 0 Å². The van der Waals surface area contributed by atoms with Crippen LogP contribution in [-0.2, 0) is 40.4 Å². The minimum Gasteiger partial charge on any atom is -0.485 e. The van der Waals surface area contributed by atoms with Gasteiger partial charge in [-0.2, -0.15) is 0 Å². The van der Waals surface area contributed by atoms with Crippen LogP contribution in [-0.4, -0.2) is 25.0 Å². The van der Waals surface area contributed by atoms with Crippen molar-refractivity contribution in [3.63, 3.8) is 0 Å². The highest BCUT2D eigenvalue weighted by atomic mass is 19.1. The Balaban J connectivity index is 1.51. The summed E-state index contributed by atoms with van der Waals surface area (Å²) in [7, 11) is 1.20. The zero-order valence-corrected chi connectivity index (χ0v) is 21.9. The lowest BCUT2D eigenvalue weighted by atomic mass is 10.0. The molecule has 0 spiro atoms. The second-order valence-electron chi connectivity index (χ2n) is 9.05. The first-order valence-electron chi connectivity index (χ1n) is 12.7. The van der Waals surface area contributed by atoms with Crippen LogP contribution in [0.5, 0.6) is 11.5 Å². The first kappa shape index (κ1) is 28.3. The van der Waals surface area contributed by atoms with E-state index in [-0.39, 0.29) is 18.6 Å². The predicted molar refractivity (Wildman–Crippen MR) is 146 cm³/mol. The largest absolute Gasteiger partial charge is 0.485 e. The third kappa shape index (κ3) is 7.89. The topological polar surface area (TPSA) is 73.9 Å². The summed E-state index contributed by atoms with van der Waals surface area (Å²) in [5.74, 6) is -2.12. The molecule has 4 aromatic rings. The molecule has 4 rings (SSSR count). The Morgan fingerprint density at radius 3 is 1.88 bits per heavy atom. The standard InChI is InChI=1S/C32H29F2NO5/c1-38-32(37)28(35-31(36)19-25-26(33)13-8-14-27(25)34)17-24-15-16-29(39-20-22-9-4-2-5-10-22)30(18-24)40-21-23-11-6-3-7-12-23/h2-16,18,28H,17,19-21H2,1H3,(H,35,36)/t28-/m1/s1. The van der Waals surface area contributed by atoms with E-state index in [1.54, 1.807) is 18.2 Å². The summed E-state index contributed by atoms with van der Waals surface area (Å²) in [4.78, 5) is 25.2. The molecule has 6 nitrogen and oxygen atoms in total. The zero-order chi connectivity index (χ0) is 28.3. The Morgan fingerprint density at radius 1 is 0.725 bits per heavy atom. The molecular weight excluding hydrogens is 516 g/mol. The third-order valence-electron chi connectivity index (χ3n) is 6.14. The van der Waals surface area contributed by atoms with Gasteiger partial charge in [-0.1, -0.05) is 72.8 Å². The van der Waals surface area contributed by atoms with E-state index in [2.05, 4.69) is 5.32 Å². The zero-order valence-electron chi connectivity index (χ0n) is 21.9. The van der Waals surface area contributed by atoms with E-state index in [1.807, 2.05) is 60.7 Å². The number of methoxy groups -OCH3 is 1. The molecule has 1 atom stereocenters. The van der Waals surface area contributed by atoms with Crippen LogP contribution >= 0.6 is 0 Å². The Kier molecular flexibility index (Phi) is 9.83. The van der Waals surface area contributed by atoms with Crippen molar-refractivity contribution in [1.82, 2.24) is 5.32 Å². The van der Waals surface area contributed by atoms with E-state index in [4.69, 9.17) is 14.2 Å². The summed E-state index contributed by atoms with van der Waals surface area (Å²) >= 11 is 0. The molecule has 4 aromatic carbocycles. The van der Waals surface area contributed by atoms with Crippen molar-refractivity contribution in [3.8, 4) is 11.5 Å². The summed E-state index contributed by atoms with van der Waals surface area (Å²) in [5.41, 5.74) is 2.23. The maximum absolute atomic E-state index is 14.0. The van der Waals surface area contributed by atoms with E-state index in [0.717, 1.165) is 23.3 Å². The van der Waals surface area contributed by atoms with Gasteiger partial charge in [-0.25, -0.2) is 13.6 Å². The van der Waals surface area contributed by atoms with Crippen LogP contribution in [0.4, 0.5) is 8.78 Å². The molecule has 0 unspecified atom stereocenters. The van der Waals surface area contributed by atoms with Crippen LogP contribution in [0.25, 0.3) is 0 Å². The highest BCUT2D eigenvalue weighted by molar-refractivity contribution is 5.86. The summed E-state index contributed by atoms with van der Waals surface area (Å²) in [6, 6.07) is 26.8. The number of carbonyl (C=O) groups excluding carboxylic acids is 2. The predicted octanol–water partition coefficient (Wildman–Crippen LogP) is 5.57. The Bertz CT molecular complexity index is 1410. The van der Waals surface area contributed by atoms with Gasteiger partial charge < -0.3 is 19.5 Å². The smallest absolute Gasteiger partial charge is 0.328 e. The lowest BCUT2D eigenvalue weighted by molar-refractivity contribution is -0.145. The molecule has 0 saturated carbocycles. The average molecular weight is 546 g/mol. The van der Waals surface area contributed by atoms with Gasteiger partial charge in [-0.15, -0.1) is 0 Å². The van der Waals surface area contributed by atoms with E-state index >= 15 is 0 Å². The van der Waals surface area contributed by atoms with Gasteiger partial charge in [0.1, 0.15) is 30.9 Å². The fourth-order valence-electron chi connectivity index (χ4n) is 4.06. The molecule has 1 N–H and O–H groups in total. The fraction of sp³-hybridized carbons (Fsp3) is 0.188. The lowest BCUT2D eigenvalue weighted by Crippen LogP contribution is -2.43. The Hall–Kier alpha value is -4.72. The molecule has 0 aromatic heterocycles. The third-order valence-corrected chi connectivity index (χ3v) is 6.14. The number of benzene rings is 4. The van der Waals surface area contributed by atoms with Crippen LogP contribution in [0, 0.1) is 11.6 Å². The number of carbonyl (C=O) groups is 2. The fourth-order valence-corrected chi connectivity index (χ4v) is 4.06. The van der Waals surface area contributed by atoms with Gasteiger partial charge >= 0.3 is 5.97 Å². The number of hydrogen-bond donors (Lipinski definition) is 1. The van der Waals surface area contributed by atoms with Crippen LogP contribution in [0.2, 0.25) is 0 Å².